The Morgan fingerprint density at radius 1 is 1.35 bits per heavy atom. The molecule has 0 spiro atoms. The predicted molar refractivity (Wildman–Crippen MR) is 65.9 cm³/mol. The molecule has 1 aromatic heterocycles. The van der Waals surface area contributed by atoms with Crippen LogP contribution in [-0.2, 0) is 0 Å². The van der Waals surface area contributed by atoms with Crippen LogP contribution in [0.4, 0.5) is 0 Å². The fraction of sp³-hybridized carbons (Fsp3) is 0.231. The van der Waals surface area contributed by atoms with Crippen LogP contribution in [0.25, 0.3) is 5.69 Å². The van der Waals surface area contributed by atoms with Crippen LogP contribution in [0.3, 0.4) is 0 Å². The SMILES string of the molecule is O=Cc1cccc(Cl)c1-n1ccc(C2CC2)n1. The average Bonchev–Trinajstić information content (AvgIpc) is 3.08. The molecule has 0 unspecified atom stereocenters. The largest absolute Gasteiger partial charge is 0.298 e. The highest BCUT2D eigenvalue weighted by Crippen LogP contribution is 2.39. The first kappa shape index (κ1) is 10.5. The zero-order valence-electron chi connectivity index (χ0n) is 9.14. The number of halogens is 1. The molecule has 86 valence electrons. The second-order valence-corrected chi connectivity index (χ2v) is 4.66. The number of carbonyl (C=O) groups is 1. The first-order valence-electron chi connectivity index (χ1n) is 5.59. The van der Waals surface area contributed by atoms with E-state index in [-0.39, 0.29) is 0 Å². The number of aldehydes is 1. The average molecular weight is 247 g/mol. The molecule has 1 fully saturated rings. The summed E-state index contributed by atoms with van der Waals surface area (Å²) in [5.74, 6) is 0.596. The van der Waals surface area contributed by atoms with Crippen LogP contribution in [0.5, 0.6) is 0 Å². The second kappa shape index (κ2) is 4.00. The van der Waals surface area contributed by atoms with Gasteiger partial charge in [-0.2, -0.15) is 5.10 Å². The lowest BCUT2D eigenvalue weighted by Gasteiger charge is -2.06. The van der Waals surface area contributed by atoms with Gasteiger partial charge in [0.2, 0.25) is 0 Å². The Balaban J connectivity index is 2.09. The molecule has 1 aromatic carbocycles. The van der Waals surface area contributed by atoms with Gasteiger partial charge in [0.05, 0.1) is 16.4 Å². The standard InChI is InChI=1S/C13H11ClN2O/c14-11-3-1-2-10(8-17)13(11)16-7-6-12(15-16)9-4-5-9/h1-3,6-9H,4-5H2. The lowest BCUT2D eigenvalue weighted by atomic mass is 10.2. The molecule has 2 aromatic rings. The Morgan fingerprint density at radius 2 is 2.18 bits per heavy atom. The quantitative estimate of drug-likeness (QED) is 0.780. The van der Waals surface area contributed by atoms with Crippen molar-refractivity contribution in [1.82, 2.24) is 9.78 Å². The number of aromatic nitrogens is 2. The molecule has 3 rings (SSSR count). The number of carbonyl (C=O) groups excluding carboxylic acids is 1. The van der Waals surface area contributed by atoms with Crippen molar-refractivity contribution < 1.29 is 4.79 Å². The van der Waals surface area contributed by atoms with Gasteiger partial charge in [0.25, 0.3) is 0 Å². The Kier molecular flexibility index (Phi) is 2.48. The van der Waals surface area contributed by atoms with E-state index in [0.29, 0.717) is 22.2 Å². The Morgan fingerprint density at radius 3 is 2.88 bits per heavy atom. The molecular formula is C13H11ClN2O. The van der Waals surface area contributed by atoms with Crippen molar-refractivity contribution in [2.75, 3.05) is 0 Å². The highest BCUT2D eigenvalue weighted by molar-refractivity contribution is 6.32. The zero-order chi connectivity index (χ0) is 11.8. The van der Waals surface area contributed by atoms with Crippen molar-refractivity contribution in [1.29, 1.82) is 0 Å². The summed E-state index contributed by atoms with van der Waals surface area (Å²) in [6, 6.07) is 7.27. The van der Waals surface area contributed by atoms with Crippen molar-refractivity contribution in [3.63, 3.8) is 0 Å². The van der Waals surface area contributed by atoms with Crippen molar-refractivity contribution in [2.24, 2.45) is 0 Å². The summed E-state index contributed by atoms with van der Waals surface area (Å²) >= 11 is 6.13. The monoisotopic (exact) mass is 246 g/mol. The first-order valence-corrected chi connectivity index (χ1v) is 5.97. The number of hydrogen-bond donors (Lipinski definition) is 0. The minimum Gasteiger partial charge on any atom is -0.298 e. The molecule has 0 bridgehead atoms. The smallest absolute Gasteiger partial charge is 0.152 e. The molecule has 1 heterocycles. The van der Waals surface area contributed by atoms with Gasteiger partial charge in [-0.3, -0.25) is 4.79 Å². The van der Waals surface area contributed by atoms with Crippen molar-refractivity contribution in [2.45, 2.75) is 18.8 Å². The fourth-order valence-electron chi connectivity index (χ4n) is 1.93. The van der Waals surface area contributed by atoms with E-state index >= 15 is 0 Å². The van der Waals surface area contributed by atoms with Gasteiger partial charge in [-0.25, -0.2) is 4.68 Å². The maximum Gasteiger partial charge on any atom is 0.152 e. The van der Waals surface area contributed by atoms with Gasteiger partial charge in [-0.05, 0) is 31.0 Å². The van der Waals surface area contributed by atoms with Crippen LogP contribution in [0.1, 0.15) is 34.8 Å². The van der Waals surface area contributed by atoms with Gasteiger partial charge in [0, 0.05) is 17.7 Å². The van der Waals surface area contributed by atoms with Gasteiger partial charge in [0.1, 0.15) is 0 Å². The van der Waals surface area contributed by atoms with Crippen molar-refractivity contribution >= 4 is 17.9 Å². The molecule has 3 nitrogen and oxygen atoms in total. The molecule has 0 amide bonds. The van der Waals surface area contributed by atoms with Gasteiger partial charge < -0.3 is 0 Å². The molecule has 17 heavy (non-hydrogen) atoms. The lowest BCUT2D eigenvalue weighted by molar-refractivity contribution is 0.112. The normalized spacial score (nSPS) is 14.9. The van der Waals surface area contributed by atoms with Gasteiger partial charge in [-0.15, -0.1) is 0 Å². The highest BCUT2D eigenvalue weighted by Gasteiger charge is 2.26. The Hall–Kier alpha value is -1.61. The third-order valence-corrected chi connectivity index (χ3v) is 3.28. The van der Waals surface area contributed by atoms with E-state index in [2.05, 4.69) is 5.10 Å². The van der Waals surface area contributed by atoms with E-state index in [1.165, 1.54) is 12.8 Å². The van der Waals surface area contributed by atoms with Crippen LogP contribution in [0.15, 0.2) is 30.5 Å². The second-order valence-electron chi connectivity index (χ2n) is 4.25. The topological polar surface area (TPSA) is 34.9 Å². The summed E-state index contributed by atoms with van der Waals surface area (Å²) in [6.45, 7) is 0. The third-order valence-electron chi connectivity index (χ3n) is 2.98. The molecule has 1 saturated carbocycles. The van der Waals surface area contributed by atoms with Gasteiger partial charge in [0.15, 0.2) is 6.29 Å². The molecule has 0 radical (unpaired) electrons. The van der Waals surface area contributed by atoms with Crippen LogP contribution in [0.2, 0.25) is 5.02 Å². The van der Waals surface area contributed by atoms with Crippen LogP contribution < -0.4 is 0 Å². The van der Waals surface area contributed by atoms with E-state index in [1.54, 1.807) is 22.9 Å². The summed E-state index contributed by atoms with van der Waals surface area (Å²) in [7, 11) is 0. The Labute approximate surface area is 104 Å². The zero-order valence-corrected chi connectivity index (χ0v) is 9.89. The molecule has 0 atom stereocenters. The van der Waals surface area contributed by atoms with Crippen LogP contribution >= 0.6 is 11.6 Å². The summed E-state index contributed by atoms with van der Waals surface area (Å²) in [5.41, 5.74) is 2.31. The molecule has 1 aliphatic rings. The van der Waals surface area contributed by atoms with E-state index in [0.717, 1.165) is 12.0 Å². The fourth-order valence-corrected chi connectivity index (χ4v) is 2.20. The van der Waals surface area contributed by atoms with E-state index in [9.17, 15) is 4.79 Å². The van der Waals surface area contributed by atoms with Gasteiger partial charge in [-0.1, -0.05) is 17.7 Å². The highest BCUT2D eigenvalue weighted by atomic mass is 35.5. The molecule has 1 aliphatic carbocycles. The maximum atomic E-state index is 11.0. The number of rotatable bonds is 3. The predicted octanol–water partition coefficient (Wildman–Crippen LogP) is 3.22. The Bertz CT molecular complexity index is 573. The molecule has 0 saturated heterocycles. The summed E-state index contributed by atoms with van der Waals surface area (Å²) in [4.78, 5) is 11.0. The number of nitrogens with zero attached hydrogens (tertiary/aromatic N) is 2. The summed E-state index contributed by atoms with van der Waals surface area (Å²) in [5, 5.41) is 5.03. The number of para-hydroxylation sites is 1. The maximum absolute atomic E-state index is 11.0. The summed E-state index contributed by atoms with van der Waals surface area (Å²) < 4.78 is 1.69. The minimum absolute atomic E-state index is 0.542. The number of hydrogen-bond acceptors (Lipinski definition) is 2. The van der Waals surface area contributed by atoms with Crippen LogP contribution in [-0.4, -0.2) is 16.1 Å². The van der Waals surface area contributed by atoms with E-state index < -0.39 is 0 Å². The lowest BCUT2D eigenvalue weighted by Crippen LogP contribution is -2.01. The third kappa shape index (κ3) is 1.87. The minimum atomic E-state index is 0.542. The molecule has 0 aliphatic heterocycles. The van der Waals surface area contributed by atoms with Gasteiger partial charge >= 0.3 is 0 Å². The van der Waals surface area contributed by atoms with Crippen molar-refractivity contribution in [3.05, 3.63) is 46.7 Å². The van der Waals surface area contributed by atoms with E-state index in [4.69, 9.17) is 11.6 Å². The first-order chi connectivity index (χ1) is 8.29. The number of benzene rings is 1. The van der Waals surface area contributed by atoms with Crippen LogP contribution in [0, 0.1) is 0 Å². The molecular weight excluding hydrogens is 236 g/mol. The van der Waals surface area contributed by atoms with Crippen molar-refractivity contribution in [3.8, 4) is 5.69 Å². The molecule has 4 heteroatoms. The molecule has 0 N–H and O–H groups in total. The summed E-state index contributed by atoms with van der Waals surface area (Å²) in [6.07, 6.45) is 5.09. The van der Waals surface area contributed by atoms with E-state index in [1.807, 2.05) is 12.3 Å².